The maximum absolute atomic E-state index is 13.8. The fourth-order valence-electron chi connectivity index (χ4n) is 3.91. The van der Waals surface area contributed by atoms with Crippen molar-refractivity contribution in [2.24, 2.45) is 0 Å². The number of aryl methyl sites for hydroxylation is 1. The number of rotatable bonds is 6. The standard InChI is InChI=1S/C21H22FN5S/c1-2-3-9-14-27-18-16(17(23)25-19(22)26-18)24-20(27)28-21(12-7-8-13-21)15-10-5-4-6-11-15/h1,4-6,10-11H,3,7-9,12-14H2,(H2,23,25,26). The van der Waals surface area contributed by atoms with Crippen LogP contribution in [0.4, 0.5) is 10.2 Å². The molecule has 3 aromatic rings. The Balaban J connectivity index is 1.79. The van der Waals surface area contributed by atoms with Crippen molar-refractivity contribution in [1.29, 1.82) is 0 Å². The molecule has 1 aliphatic carbocycles. The molecule has 2 N–H and O–H groups in total. The minimum absolute atomic E-state index is 0.0484. The Morgan fingerprint density at radius 1 is 1.18 bits per heavy atom. The van der Waals surface area contributed by atoms with E-state index in [2.05, 4.69) is 40.2 Å². The molecule has 5 nitrogen and oxygen atoms in total. The quantitative estimate of drug-likeness (QED) is 0.377. The maximum atomic E-state index is 13.8. The summed E-state index contributed by atoms with van der Waals surface area (Å²) >= 11 is 1.73. The van der Waals surface area contributed by atoms with E-state index in [4.69, 9.17) is 17.1 Å². The number of benzene rings is 1. The summed E-state index contributed by atoms with van der Waals surface area (Å²) in [4.78, 5) is 12.3. The summed E-state index contributed by atoms with van der Waals surface area (Å²) in [6.07, 6.45) is 10.5. The average molecular weight is 396 g/mol. The van der Waals surface area contributed by atoms with Crippen LogP contribution < -0.4 is 5.73 Å². The first-order chi connectivity index (χ1) is 13.6. The molecule has 0 atom stereocenters. The topological polar surface area (TPSA) is 69.6 Å². The Kier molecular flexibility index (Phi) is 5.23. The van der Waals surface area contributed by atoms with E-state index in [1.54, 1.807) is 11.8 Å². The monoisotopic (exact) mass is 395 g/mol. The number of fused-ring (bicyclic) bond motifs is 1. The Morgan fingerprint density at radius 3 is 2.64 bits per heavy atom. The number of terminal acetylenes is 1. The number of hydrogen-bond donors (Lipinski definition) is 1. The first kappa shape index (κ1) is 18.8. The number of aromatic nitrogens is 4. The van der Waals surface area contributed by atoms with E-state index >= 15 is 0 Å². The number of imidazole rings is 1. The van der Waals surface area contributed by atoms with E-state index in [1.807, 2.05) is 10.6 Å². The van der Waals surface area contributed by atoms with E-state index in [9.17, 15) is 4.39 Å². The first-order valence-electron chi connectivity index (χ1n) is 9.50. The summed E-state index contributed by atoms with van der Waals surface area (Å²) in [5.74, 6) is 2.72. The zero-order valence-corrected chi connectivity index (χ0v) is 16.4. The highest BCUT2D eigenvalue weighted by molar-refractivity contribution is 8.00. The van der Waals surface area contributed by atoms with Crippen molar-refractivity contribution < 1.29 is 4.39 Å². The van der Waals surface area contributed by atoms with Crippen molar-refractivity contribution in [2.45, 2.75) is 55.0 Å². The molecule has 2 heterocycles. The van der Waals surface area contributed by atoms with Gasteiger partial charge in [0.05, 0.1) is 0 Å². The van der Waals surface area contributed by atoms with Gasteiger partial charge in [-0.25, -0.2) is 4.98 Å². The maximum Gasteiger partial charge on any atom is 0.312 e. The number of unbranched alkanes of at least 4 members (excludes halogenated alkanes) is 1. The molecule has 0 bridgehead atoms. The van der Waals surface area contributed by atoms with Gasteiger partial charge in [-0.2, -0.15) is 14.4 Å². The molecule has 1 saturated carbocycles. The van der Waals surface area contributed by atoms with Crippen molar-refractivity contribution in [1.82, 2.24) is 19.5 Å². The number of nitrogens with two attached hydrogens (primary N) is 1. The molecule has 0 saturated heterocycles. The van der Waals surface area contributed by atoms with Crippen LogP contribution in [0, 0.1) is 18.4 Å². The zero-order chi connectivity index (χ0) is 19.6. The van der Waals surface area contributed by atoms with Gasteiger partial charge < -0.3 is 10.3 Å². The SMILES string of the molecule is C#CCCCn1c(SC2(c3ccccc3)CCCC2)nc2c(N)nc(F)nc21. The smallest absolute Gasteiger partial charge is 0.312 e. The van der Waals surface area contributed by atoms with Crippen LogP contribution in [0.3, 0.4) is 0 Å². The van der Waals surface area contributed by atoms with Gasteiger partial charge in [-0.1, -0.05) is 54.9 Å². The lowest BCUT2D eigenvalue weighted by Gasteiger charge is -2.28. The molecule has 7 heteroatoms. The van der Waals surface area contributed by atoms with Crippen LogP contribution in [0.25, 0.3) is 11.2 Å². The van der Waals surface area contributed by atoms with Crippen molar-refractivity contribution in [3.63, 3.8) is 0 Å². The Morgan fingerprint density at radius 2 is 1.93 bits per heavy atom. The molecular formula is C21H22FN5S. The number of anilines is 1. The fraction of sp³-hybridized carbons (Fsp3) is 0.381. The summed E-state index contributed by atoms with van der Waals surface area (Å²) < 4.78 is 15.7. The van der Waals surface area contributed by atoms with E-state index < -0.39 is 6.08 Å². The lowest BCUT2D eigenvalue weighted by atomic mass is 9.97. The van der Waals surface area contributed by atoms with Gasteiger partial charge in [-0.3, -0.25) is 0 Å². The van der Waals surface area contributed by atoms with Crippen molar-refractivity contribution in [3.8, 4) is 12.3 Å². The summed E-state index contributed by atoms with van der Waals surface area (Å²) in [5.41, 5.74) is 8.12. The van der Waals surface area contributed by atoms with Crippen LogP contribution >= 0.6 is 11.8 Å². The van der Waals surface area contributed by atoms with Crippen LogP contribution in [-0.4, -0.2) is 19.5 Å². The number of nitrogen functional groups attached to an aromatic ring is 1. The lowest BCUT2D eigenvalue weighted by molar-refractivity contribution is 0.538. The van der Waals surface area contributed by atoms with Gasteiger partial charge in [0.2, 0.25) is 0 Å². The summed E-state index contributed by atoms with van der Waals surface area (Å²) in [7, 11) is 0. The number of thioether (sulfide) groups is 1. The van der Waals surface area contributed by atoms with Crippen LogP contribution in [0.1, 0.15) is 44.1 Å². The van der Waals surface area contributed by atoms with Crippen LogP contribution in [0.2, 0.25) is 0 Å². The number of halogens is 1. The first-order valence-corrected chi connectivity index (χ1v) is 10.3. The molecule has 0 unspecified atom stereocenters. The van der Waals surface area contributed by atoms with E-state index in [1.165, 1.54) is 18.4 Å². The molecule has 4 rings (SSSR count). The normalized spacial score (nSPS) is 15.7. The highest BCUT2D eigenvalue weighted by Gasteiger charge is 2.38. The lowest BCUT2D eigenvalue weighted by Crippen LogP contribution is -2.18. The van der Waals surface area contributed by atoms with Gasteiger partial charge in [-0.05, 0) is 24.8 Å². The summed E-state index contributed by atoms with van der Waals surface area (Å²) in [6.45, 7) is 0.615. The summed E-state index contributed by atoms with van der Waals surface area (Å²) in [5, 5.41) is 0.796. The molecule has 0 amide bonds. The second kappa shape index (κ2) is 7.80. The van der Waals surface area contributed by atoms with Gasteiger partial charge in [0.1, 0.15) is 0 Å². The van der Waals surface area contributed by atoms with Crippen LogP contribution in [0.15, 0.2) is 35.5 Å². The number of nitrogens with zero attached hydrogens (tertiary/aromatic N) is 4. The van der Waals surface area contributed by atoms with E-state index in [-0.39, 0.29) is 10.6 Å². The second-order valence-corrected chi connectivity index (χ2v) is 8.42. The molecule has 0 aliphatic heterocycles. The summed E-state index contributed by atoms with van der Waals surface area (Å²) in [6, 6.07) is 10.5. The molecule has 1 fully saturated rings. The molecule has 1 aromatic carbocycles. The largest absolute Gasteiger partial charge is 0.382 e. The Hall–Kier alpha value is -2.59. The Labute approximate surface area is 168 Å². The predicted octanol–water partition coefficient (Wildman–Crippen LogP) is 4.52. The van der Waals surface area contributed by atoms with E-state index in [0.717, 1.165) is 24.4 Å². The molecule has 0 radical (unpaired) electrons. The van der Waals surface area contributed by atoms with Gasteiger partial charge in [0.25, 0.3) is 0 Å². The molecule has 28 heavy (non-hydrogen) atoms. The third kappa shape index (κ3) is 3.45. The minimum atomic E-state index is -0.835. The van der Waals surface area contributed by atoms with Crippen LogP contribution in [-0.2, 0) is 11.3 Å². The van der Waals surface area contributed by atoms with Crippen molar-refractivity contribution in [2.75, 3.05) is 5.73 Å². The third-order valence-electron chi connectivity index (χ3n) is 5.26. The second-order valence-electron chi connectivity index (χ2n) is 7.07. The van der Waals surface area contributed by atoms with Crippen LogP contribution in [0.5, 0.6) is 0 Å². The third-order valence-corrected chi connectivity index (χ3v) is 6.79. The van der Waals surface area contributed by atoms with Crippen molar-refractivity contribution in [3.05, 3.63) is 42.0 Å². The van der Waals surface area contributed by atoms with E-state index in [0.29, 0.717) is 24.1 Å². The molecular weight excluding hydrogens is 373 g/mol. The fourth-order valence-corrected chi connectivity index (χ4v) is 5.43. The van der Waals surface area contributed by atoms with Gasteiger partial charge in [-0.15, -0.1) is 12.3 Å². The molecule has 2 aromatic heterocycles. The molecule has 0 spiro atoms. The van der Waals surface area contributed by atoms with Gasteiger partial charge in [0.15, 0.2) is 22.1 Å². The van der Waals surface area contributed by atoms with Gasteiger partial charge >= 0.3 is 6.08 Å². The molecule has 1 aliphatic rings. The number of hydrogen-bond acceptors (Lipinski definition) is 5. The Bertz CT molecular complexity index is 1020. The molecule has 144 valence electrons. The average Bonchev–Trinajstić information content (AvgIpc) is 3.30. The van der Waals surface area contributed by atoms with Crippen molar-refractivity contribution >= 4 is 28.7 Å². The minimum Gasteiger partial charge on any atom is -0.382 e. The predicted molar refractivity (Wildman–Crippen MR) is 110 cm³/mol. The zero-order valence-electron chi connectivity index (χ0n) is 15.6. The highest BCUT2D eigenvalue weighted by Crippen LogP contribution is 2.52. The van der Waals surface area contributed by atoms with Gasteiger partial charge in [0, 0.05) is 17.7 Å². The highest BCUT2D eigenvalue weighted by atomic mass is 32.2.